The molecule has 0 aromatic heterocycles. The van der Waals surface area contributed by atoms with Crippen molar-refractivity contribution in [3.8, 4) is 0 Å². The van der Waals surface area contributed by atoms with Crippen molar-refractivity contribution in [2.45, 2.75) is 18.2 Å². The van der Waals surface area contributed by atoms with Gasteiger partial charge in [-0.05, 0) is 29.9 Å². The number of carbonyl (C=O) groups is 1. The average Bonchev–Trinajstić information content (AvgIpc) is 2.37. The van der Waals surface area contributed by atoms with E-state index in [9.17, 15) is 4.79 Å². The Labute approximate surface area is 108 Å². The molecule has 17 heavy (non-hydrogen) atoms. The molecule has 0 radical (unpaired) electrons. The van der Waals surface area contributed by atoms with E-state index in [4.69, 9.17) is 0 Å². The Morgan fingerprint density at radius 2 is 2.00 bits per heavy atom. The summed E-state index contributed by atoms with van der Waals surface area (Å²) in [5, 5.41) is 2.61. The molecule has 0 aliphatic heterocycles. The number of nitrogens with one attached hydrogen (secondary N) is 1. The van der Waals surface area contributed by atoms with E-state index in [0.29, 0.717) is 0 Å². The highest BCUT2D eigenvalue weighted by Gasteiger charge is 2.05. The Morgan fingerprint density at radius 3 is 2.53 bits per heavy atom. The molecule has 94 valence electrons. The average molecular weight is 252 g/mol. The van der Waals surface area contributed by atoms with Gasteiger partial charge in [-0.15, -0.1) is 11.8 Å². The highest BCUT2D eigenvalue weighted by Crippen LogP contribution is 2.17. The van der Waals surface area contributed by atoms with Gasteiger partial charge in [0.25, 0.3) is 0 Å². The molecule has 0 saturated carbocycles. The third-order valence-corrected chi connectivity index (χ3v) is 3.42. The number of hydrogen-bond acceptors (Lipinski definition) is 2. The largest absolute Gasteiger partial charge is 0.341 e. The smallest absolute Gasteiger partial charge is 0.316 e. The van der Waals surface area contributed by atoms with E-state index in [1.165, 1.54) is 10.5 Å². The van der Waals surface area contributed by atoms with Crippen LogP contribution in [-0.2, 0) is 6.42 Å². The van der Waals surface area contributed by atoms with Crippen molar-refractivity contribution in [1.82, 2.24) is 10.2 Å². The number of carbonyl (C=O) groups excluding carboxylic acids is 1. The summed E-state index contributed by atoms with van der Waals surface area (Å²) in [7, 11) is 3.45. The highest BCUT2D eigenvalue weighted by molar-refractivity contribution is 7.99. The van der Waals surface area contributed by atoms with Gasteiger partial charge in [0.1, 0.15) is 0 Å². The fraction of sp³-hybridized carbons (Fsp3) is 0.462. The first-order chi connectivity index (χ1) is 8.17. The summed E-state index contributed by atoms with van der Waals surface area (Å²) in [5.41, 5.74) is 1.27. The molecule has 0 heterocycles. The van der Waals surface area contributed by atoms with Crippen LogP contribution in [-0.4, -0.2) is 37.3 Å². The lowest BCUT2D eigenvalue weighted by Crippen LogP contribution is -2.36. The van der Waals surface area contributed by atoms with E-state index < -0.39 is 0 Å². The number of urea groups is 1. The van der Waals surface area contributed by atoms with E-state index in [1.54, 1.807) is 19.0 Å². The van der Waals surface area contributed by atoms with Gasteiger partial charge in [0.05, 0.1) is 0 Å². The minimum absolute atomic E-state index is 0.0387. The number of thioether (sulfide) groups is 1. The van der Waals surface area contributed by atoms with Gasteiger partial charge >= 0.3 is 6.03 Å². The van der Waals surface area contributed by atoms with Crippen LogP contribution in [0.3, 0.4) is 0 Å². The maximum Gasteiger partial charge on any atom is 0.316 e. The van der Waals surface area contributed by atoms with Gasteiger partial charge in [0.15, 0.2) is 0 Å². The van der Waals surface area contributed by atoms with Crippen LogP contribution in [0, 0.1) is 0 Å². The van der Waals surface area contributed by atoms with Crippen LogP contribution in [0.1, 0.15) is 12.5 Å². The van der Waals surface area contributed by atoms with E-state index in [2.05, 4.69) is 36.5 Å². The summed E-state index contributed by atoms with van der Waals surface area (Å²) in [6.45, 7) is 2.89. The van der Waals surface area contributed by atoms with Crippen molar-refractivity contribution < 1.29 is 4.79 Å². The molecule has 3 nitrogen and oxygen atoms in total. The van der Waals surface area contributed by atoms with Crippen LogP contribution in [0.5, 0.6) is 0 Å². The topological polar surface area (TPSA) is 32.3 Å². The summed E-state index contributed by atoms with van der Waals surface area (Å²) in [6, 6.07) is 8.51. The van der Waals surface area contributed by atoms with Crippen LogP contribution in [0.15, 0.2) is 29.2 Å². The summed E-state index contributed by atoms with van der Waals surface area (Å²) in [4.78, 5) is 14.3. The number of likely N-dealkylation sites (N-methyl/N-ethyl adjacent to an activating group) is 1. The van der Waals surface area contributed by atoms with E-state index in [-0.39, 0.29) is 6.03 Å². The second-order valence-electron chi connectivity index (χ2n) is 3.80. The molecule has 0 unspecified atom stereocenters. The van der Waals surface area contributed by atoms with Gasteiger partial charge in [-0.2, -0.15) is 0 Å². The van der Waals surface area contributed by atoms with E-state index >= 15 is 0 Å². The Balaban J connectivity index is 2.44. The summed E-state index contributed by atoms with van der Waals surface area (Å²) >= 11 is 1.84. The second-order valence-corrected chi connectivity index (χ2v) is 5.14. The Kier molecular flexibility index (Phi) is 5.91. The van der Waals surface area contributed by atoms with Crippen LogP contribution in [0.4, 0.5) is 4.79 Å². The first-order valence-electron chi connectivity index (χ1n) is 5.82. The van der Waals surface area contributed by atoms with Crippen molar-refractivity contribution >= 4 is 17.8 Å². The first kappa shape index (κ1) is 13.9. The minimum Gasteiger partial charge on any atom is -0.341 e. The molecule has 2 amide bonds. The van der Waals surface area contributed by atoms with Crippen LogP contribution >= 0.6 is 11.8 Å². The minimum atomic E-state index is -0.0387. The van der Waals surface area contributed by atoms with Crippen LogP contribution < -0.4 is 5.32 Å². The van der Waals surface area contributed by atoms with Gasteiger partial charge in [-0.1, -0.05) is 19.1 Å². The van der Waals surface area contributed by atoms with E-state index in [1.807, 2.05) is 11.8 Å². The van der Waals surface area contributed by atoms with E-state index in [0.717, 1.165) is 18.7 Å². The zero-order chi connectivity index (χ0) is 12.7. The normalized spacial score (nSPS) is 10.1. The number of benzene rings is 1. The molecule has 0 aliphatic carbocycles. The van der Waals surface area contributed by atoms with Gasteiger partial charge in [0.2, 0.25) is 0 Å². The summed E-state index contributed by atoms with van der Waals surface area (Å²) < 4.78 is 0. The monoisotopic (exact) mass is 252 g/mol. The van der Waals surface area contributed by atoms with Crippen LogP contribution in [0.2, 0.25) is 0 Å². The number of amides is 2. The zero-order valence-electron chi connectivity index (χ0n) is 10.7. The Hall–Kier alpha value is -1.16. The first-order valence-corrected chi connectivity index (χ1v) is 6.80. The molecule has 0 fully saturated rings. The SMILES string of the molecule is CCSc1ccc(CCN(C)C(=O)NC)cc1. The van der Waals surface area contributed by atoms with Gasteiger partial charge in [-0.3, -0.25) is 0 Å². The van der Waals surface area contributed by atoms with Crippen molar-refractivity contribution in [2.24, 2.45) is 0 Å². The lowest BCUT2D eigenvalue weighted by molar-refractivity contribution is 0.211. The number of hydrogen-bond donors (Lipinski definition) is 1. The maximum absolute atomic E-state index is 11.3. The predicted octanol–water partition coefficient (Wildman–Crippen LogP) is 2.61. The molecular weight excluding hydrogens is 232 g/mol. The zero-order valence-corrected chi connectivity index (χ0v) is 11.5. The quantitative estimate of drug-likeness (QED) is 0.817. The molecule has 0 atom stereocenters. The number of rotatable bonds is 5. The van der Waals surface area contributed by atoms with Crippen molar-refractivity contribution in [3.05, 3.63) is 29.8 Å². The van der Waals surface area contributed by atoms with Crippen molar-refractivity contribution in [3.63, 3.8) is 0 Å². The summed E-state index contributed by atoms with van der Waals surface area (Å²) in [5.74, 6) is 1.10. The van der Waals surface area contributed by atoms with Crippen molar-refractivity contribution in [1.29, 1.82) is 0 Å². The van der Waals surface area contributed by atoms with Gasteiger partial charge < -0.3 is 10.2 Å². The standard InChI is InChI=1S/C13H20N2OS/c1-4-17-12-7-5-11(6-8-12)9-10-15(3)13(16)14-2/h5-8H,4,9-10H2,1-3H3,(H,14,16). The number of nitrogens with zero attached hydrogens (tertiary/aromatic N) is 1. The fourth-order valence-corrected chi connectivity index (χ4v) is 2.17. The van der Waals surface area contributed by atoms with Gasteiger partial charge in [-0.25, -0.2) is 4.79 Å². The Morgan fingerprint density at radius 1 is 1.35 bits per heavy atom. The third kappa shape index (κ3) is 4.69. The molecule has 1 rings (SSSR count). The highest BCUT2D eigenvalue weighted by atomic mass is 32.2. The molecule has 0 aliphatic rings. The summed E-state index contributed by atoms with van der Waals surface area (Å²) in [6.07, 6.45) is 0.890. The lowest BCUT2D eigenvalue weighted by Gasteiger charge is -2.16. The van der Waals surface area contributed by atoms with Crippen LogP contribution in [0.25, 0.3) is 0 Å². The third-order valence-electron chi connectivity index (χ3n) is 2.53. The maximum atomic E-state index is 11.3. The molecule has 0 bridgehead atoms. The van der Waals surface area contributed by atoms with Gasteiger partial charge in [0, 0.05) is 25.5 Å². The second kappa shape index (κ2) is 7.22. The molecule has 1 N–H and O–H groups in total. The molecule has 1 aromatic rings. The molecule has 1 aromatic carbocycles. The molecule has 0 spiro atoms. The predicted molar refractivity (Wildman–Crippen MR) is 73.6 cm³/mol. The lowest BCUT2D eigenvalue weighted by atomic mass is 10.1. The Bertz CT molecular complexity index is 351. The fourth-order valence-electron chi connectivity index (χ4n) is 1.51. The van der Waals surface area contributed by atoms with Crippen molar-refractivity contribution in [2.75, 3.05) is 26.4 Å². The molecular formula is C13H20N2OS. The molecule has 4 heteroatoms. The molecule has 0 saturated heterocycles.